The van der Waals surface area contributed by atoms with Gasteiger partial charge in [0.1, 0.15) is 24.3 Å². The van der Waals surface area contributed by atoms with Gasteiger partial charge in [-0.25, -0.2) is 8.78 Å². The van der Waals surface area contributed by atoms with Crippen LogP contribution >= 0.6 is 11.6 Å². The summed E-state index contributed by atoms with van der Waals surface area (Å²) in [6.45, 7) is 7.47. The molecular weight excluding hydrogens is 604 g/mol. The Bertz CT molecular complexity index is 1670. The number of fused-ring (bicyclic) bond motifs is 2. The summed E-state index contributed by atoms with van der Waals surface area (Å²) < 4.78 is 40.4. The fourth-order valence-electron chi connectivity index (χ4n) is 6.36. The van der Waals surface area contributed by atoms with E-state index in [9.17, 15) is 18.8 Å². The molecule has 0 saturated carbocycles. The van der Waals surface area contributed by atoms with E-state index in [1.807, 2.05) is 30.1 Å². The fraction of sp³-hybridized carbons (Fsp3) is 0.438. The third kappa shape index (κ3) is 6.38. The first-order chi connectivity index (χ1) is 21.7. The molecule has 45 heavy (non-hydrogen) atoms. The van der Waals surface area contributed by atoms with E-state index >= 15 is 0 Å². The average molecular weight is 638 g/mol. The van der Waals surface area contributed by atoms with Crippen LogP contribution in [-0.4, -0.2) is 97.4 Å². The molecule has 0 bridgehead atoms. The van der Waals surface area contributed by atoms with E-state index in [-0.39, 0.29) is 43.3 Å². The molecule has 3 aliphatic rings. The van der Waals surface area contributed by atoms with Crippen molar-refractivity contribution in [2.24, 2.45) is 0 Å². The van der Waals surface area contributed by atoms with Crippen LogP contribution in [0.3, 0.4) is 0 Å². The van der Waals surface area contributed by atoms with E-state index in [1.165, 1.54) is 11.0 Å². The maximum Gasteiger partial charge on any atom is 0.318 e. The van der Waals surface area contributed by atoms with Crippen LogP contribution in [0.25, 0.3) is 10.8 Å². The summed E-state index contributed by atoms with van der Waals surface area (Å²) in [5, 5.41) is 11.0. The van der Waals surface area contributed by atoms with Crippen molar-refractivity contribution in [3.63, 3.8) is 0 Å². The molecule has 3 aromatic rings. The van der Waals surface area contributed by atoms with Crippen LogP contribution in [0.15, 0.2) is 42.7 Å². The molecule has 6 rings (SSSR count). The van der Waals surface area contributed by atoms with Gasteiger partial charge >= 0.3 is 6.01 Å². The zero-order chi connectivity index (χ0) is 31.7. The minimum Gasteiger partial charge on any atom is -0.461 e. The SMILES string of the molecule is C=C(F)C(=O)N1CCN(c2nc(OC[C@H]3CN(C)CCO3)nc3c2CCN(c2cccc4ccc(F)c(Cl)c24)C3)C[C@@H]1CC#N. The zero-order valence-electron chi connectivity index (χ0n) is 25.0. The Morgan fingerprint density at radius 1 is 1.18 bits per heavy atom. The monoisotopic (exact) mass is 637 g/mol. The standard InChI is InChI=1S/C32H34ClF2N7O3/c1-20(34)31(43)42-13-12-41(16-22(42)8-10-36)30-24-9-11-40(27-5-3-4-21-6-7-25(35)29(33)28(21)27)18-26(24)37-32(38-30)45-19-23-17-39(2)14-15-44-23/h3-7,22-23H,1,8-9,11-19H2,2H3/t22-,23+/m0/s1. The van der Waals surface area contributed by atoms with Crippen LogP contribution < -0.4 is 14.5 Å². The smallest absolute Gasteiger partial charge is 0.318 e. The number of morpholine rings is 1. The topological polar surface area (TPSA) is 98.1 Å². The summed E-state index contributed by atoms with van der Waals surface area (Å²) >= 11 is 6.47. The molecule has 0 spiro atoms. The Hall–Kier alpha value is -4.05. The van der Waals surface area contributed by atoms with Gasteiger partial charge < -0.3 is 29.1 Å². The molecule has 1 amide bonds. The van der Waals surface area contributed by atoms with Crippen LogP contribution in [0.1, 0.15) is 17.7 Å². The van der Waals surface area contributed by atoms with Gasteiger partial charge in [-0.1, -0.05) is 36.4 Å². The first-order valence-corrected chi connectivity index (χ1v) is 15.3. The molecule has 13 heteroatoms. The third-order valence-electron chi connectivity index (χ3n) is 8.62. The van der Waals surface area contributed by atoms with Gasteiger partial charge in [-0.2, -0.15) is 15.2 Å². The molecule has 10 nitrogen and oxygen atoms in total. The molecule has 0 aliphatic carbocycles. The summed E-state index contributed by atoms with van der Waals surface area (Å²) in [6, 6.07) is 10.6. The van der Waals surface area contributed by atoms with Gasteiger partial charge in [0.2, 0.25) is 0 Å². The number of hydrogen-bond acceptors (Lipinski definition) is 9. The van der Waals surface area contributed by atoms with Crippen LogP contribution in [0.5, 0.6) is 6.01 Å². The number of nitrogens with zero attached hydrogens (tertiary/aromatic N) is 7. The number of piperazine rings is 1. The Kier molecular flexibility index (Phi) is 9.03. The summed E-state index contributed by atoms with van der Waals surface area (Å²) in [6.07, 6.45) is 0.471. The maximum absolute atomic E-state index is 14.5. The number of amides is 1. The molecule has 236 valence electrons. The van der Waals surface area contributed by atoms with Crippen LogP contribution in [0, 0.1) is 17.1 Å². The second-order valence-corrected chi connectivity index (χ2v) is 12.0. The molecule has 2 fully saturated rings. The van der Waals surface area contributed by atoms with E-state index in [2.05, 4.69) is 22.4 Å². The molecule has 2 aromatic carbocycles. The first-order valence-electron chi connectivity index (χ1n) is 14.9. The highest BCUT2D eigenvalue weighted by molar-refractivity contribution is 6.36. The van der Waals surface area contributed by atoms with E-state index < -0.39 is 23.6 Å². The second-order valence-electron chi connectivity index (χ2n) is 11.6. The summed E-state index contributed by atoms with van der Waals surface area (Å²) in [5.41, 5.74) is 2.48. The number of rotatable bonds is 7. The molecule has 4 heterocycles. The summed E-state index contributed by atoms with van der Waals surface area (Å²) in [7, 11) is 2.03. The minimum atomic E-state index is -1.05. The molecular formula is C32H34ClF2N7O3. The van der Waals surface area contributed by atoms with Crippen molar-refractivity contribution in [2.75, 3.05) is 69.3 Å². The van der Waals surface area contributed by atoms with Crippen LogP contribution in [0.4, 0.5) is 20.3 Å². The molecule has 0 radical (unpaired) electrons. The lowest BCUT2D eigenvalue weighted by Gasteiger charge is -2.42. The van der Waals surface area contributed by atoms with E-state index in [0.717, 1.165) is 35.4 Å². The highest BCUT2D eigenvalue weighted by atomic mass is 35.5. The third-order valence-corrected chi connectivity index (χ3v) is 8.99. The molecule has 1 aromatic heterocycles. The molecule has 3 aliphatic heterocycles. The Labute approximate surface area is 265 Å². The zero-order valence-corrected chi connectivity index (χ0v) is 25.8. The quantitative estimate of drug-likeness (QED) is 0.355. The van der Waals surface area contributed by atoms with Gasteiger partial charge in [0, 0.05) is 55.9 Å². The average Bonchev–Trinajstić information content (AvgIpc) is 3.04. The Morgan fingerprint density at radius 3 is 2.80 bits per heavy atom. The van der Waals surface area contributed by atoms with E-state index in [4.69, 9.17) is 31.0 Å². The lowest BCUT2D eigenvalue weighted by Crippen LogP contribution is -2.55. The Balaban J connectivity index is 1.34. The second kappa shape index (κ2) is 13.1. The molecule has 0 N–H and O–H groups in total. The van der Waals surface area contributed by atoms with Crippen molar-refractivity contribution < 1.29 is 23.0 Å². The van der Waals surface area contributed by atoms with Crippen LogP contribution in [0.2, 0.25) is 5.02 Å². The highest BCUT2D eigenvalue weighted by Gasteiger charge is 2.35. The number of likely N-dealkylation sites (N-methyl/N-ethyl adjacent to an activating group) is 1. The van der Waals surface area contributed by atoms with Gasteiger partial charge in [-0.05, 0) is 31.0 Å². The number of halogens is 3. The number of nitriles is 1. The van der Waals surface area contributed by atoms with Gasteiger partial charge in [0.05, 0.1) is 42.4 Å². The van der Waals surface area contributed by atoms with Crippen molar-refractivity contribution >= 4 is 39.8 Å². The van der Waals surface area contributed by atoms with Gasteiger partial charge in [0.15, 0.2) is 5.83 Å². The van der Waals surface area contributed by atoms with Crippen molar-refractivity contribution in [2.45, 2.75) is 31.5 Å². The van der Waals surface area contributed by atoms with Crippen LogP contribution in [-0.2, 0) is 22.5 Å². The molecule has 0 unspecified atom stereocenters. The maximum atomic E-state index is 14.5. The number of ether oxygens (including phenoxy) is 2. The highest BCUT2D eigenvalue weighted by Crippen LogP contribution is 2.38. The largest absolute Gasteiger partial charge is 0.461 e. The van der Waals surface area contributed by atoms with Crippen molar-refractivity contribution in [1.29, 1.82) is 5.26 Å². The lowest BCUT2D eigenvalue weighted by atomic mass is 10.0. The lowest BCUT2D eigenvalue weighted by molar-refractivity contribution is -0.131. The van der Waals surface area contributed by atoms with E-state index in [1.54, 1.807) is 6.07 Å². The van der Waals surface area contributed by atoms with Gasteiger partial charge in [0.25, 0.3) is 5.91 Å². The Morgan fingerprint density at radius 2 is 2.02 bits per heavy atom. The van der Waals surface area contributed by atoms with Crippen molar-refractivity contribution in [1.82, 2.24) is 19.8 Å². The molecule has 2 atom stereocenters. The number of anilines is 2. The summed E-state index contributed by atoms with van der Waals surface area (Å²) in [5.74, 6) is -1.68. The number of aromatic nitrogens is 2. The fourth-order valence-corrected chi connectivity index (χ4v) is 6.63. The van der Waals surface area contributed by atoms with E-state index in [0.29, 0.717) is 43.9 Å². The number of carbonyl (C=O) groups is 1. The normalized spacial score (nSPS) is 20.6. The number of benzene rings is 2. The predicted octanol–water partition coefficient (Wildman–Crippen LogP) is 4.11. The minimum absolute atomic E-state index is 0.0326. The molecule has 2 saturated heterocycles. The van der Waals surface area contributed by atoms with Crippen molar-refractivity contribution in [3.8, 4) is 12.1 Å². The van der Waals surface area contributed by atoms with Gasteiger partial charge in [-0.3, -0.25) is 4.79 Å². The number of carbonyl (C=O) groups excluding carboxylic acids is 1. The predicted molar refractivity (Wildman–Crippen MR) is 167 cm³/mol. The summed E-state index contributed by atoms with van der Waals surface area (Å²) in [4.78, 5) is 29.9. The van der Waals surface area contributed by atoms with Gasteiger partial charge in [-0.15, -0.1) is 0 Å². The first kappa shape index (κ1) is 31.0. The van der Waals surface area contributed by atoms with Crippen molar-refractivity contribution in [3.05, 3.63) is 64.8 Å². The number of hydrogen-bond donors (Lipinski definition) is 0.